The lowest BCUT2D eigenvalue weighted by atomic mass is 9.71. The Morgan fingerprint density at radius 2 is 1.89 bits per heavy atom. The first-order chi connectivity index (χ1) is 9.12. The van der Waals surface area contributed by atoms with Gasteiger partial charge in [-0.15, -0.1) is 0 Å². The van der Waals surface area contributed by atoms with Gasteiger partial charge in [0.2, 0.25) is 0 Å². The smallest absolute Gasteiger partial charge is 0.0468 e. The average molecular weight is 269 g/mol. The molecule has 0 bridgehead atoms. The van der Waals surface area contributed by atoms with Gasteiger partial charge in [0.15, 0.2) is 0 Å². The molecule has 2 heteroatoms. The summed E-state index contributed by atoms with van der Waals surface area (Å²) in [5.74, 6) is 0.888. The predicted octanol–water partition coefficient (Wildman–Crippen LogP) is 4.39. The molecule has 0 amide bonds. The van der Waals surface area contributed by atoms with Crippen LogP contribution in [0.5, 0.6) is 0 Å². The zero-order chi connectivity index (χ0) is 14.1. The molecule has 1 aliphatic rings. The summed E-state index contributed by atoms with van der Waals surface area (Å²) in [6, 6.07) is 0.599. The molecule has 1 aliphatic heterocycles. The van der Waals surface area contributed by atoms with Crippen molar-refractivity contribution >= 4 is 0 Å². The van der Waals surface area contributed by atoms with E-state index < -0.39 is 0 Å². The third-order valence-corrected chi connectivity index (χ3v) is 4.76. The summed E-state index contributed by atoms with van der Waals surface area (Å²) in [5.41, 5.74) is 0.516. The van der Waals surface area contributed by atoms with Gasteiger partial charge in [-0.2, -0.15) is 0 Å². The molecular weight excluding hydrogens is 234 g/mol. The van der Waals surface area contributed by atoms with E-state index in [2.05, 4.69) is 33.0 Å². The number of hydrogen-bond acceptors (Lipinski definition) is 2. The molecule has 0 aromatic carbocycles. The van der Waals surface area contributed by atoms with Gasteiger partial charge < -0.3 is 10.1 Å². The maximum Gasteiger partial charge on any atom is 0.0468 e. The van der Waals surface area contributed by atoms with Crippen LogP contribution in [0.15, 0.2) is 0 Å². The van der Waals surface area contributed by atoms with E-state index in [9.17, 15) is 0 Å². The van der Waals surface area contributed by atoms with Gasteiger partial charge in [-0.1, -0.05) is 40.5 Å². The van der Waals surface area contributed by atoms with Crippen molar-refractivity contribution < 1.29 is 4.74 Å². The second kappa shape index (κ2) is 8.97. The zero-order valence-electron chi connectivity index (χ0n) is 13.6. The number of nitrogens with one attached hydrogen (secondary N) is 1. The Morgan fingerprint density at radius 3 is 2.42 bits per heavy atom. The highest BCUT2D eigenvalue weighted by Gasteiger charge is 2.31. The molecular formula is C17H35NO. The minimum atomic E-state index is 0.516. The van der Waals surface area contributed by atoms with Gasteiger partial charge >= 0.3 is 0 Å². The summed E-state index contributed by atoms with van der Waals surface area (Å²) < 4.78 is 5.51. The van der Waals surface area contributed by atoms with Gasteiger partial charge in [0, 0.05) is 25.8 Å². The van der Waals surface area contributed by atoms with Crippen LogP contribution in [0.3, 0.4) is 0 Å². The fraction of sp³-hybridized carbons (Fsp3) is 1.00. The van der Waals surface area contributed by atoms with E-state index in [4.69, 9.17) is 4.74 Å². The molecule has 1 unspecified atom stereocenters. The summed E-state index contributed by atoms with van der Waals surface area (Å²) >= 11 is 0. The fourth-order valence-corrected chi connectivity index (χ4v) is 3.24. The highest BCUT2D eigenvalue weighted by Crippen LogP contribution is 2.38. The highest BCUT2D eigenvalue weighted by molar-refractivity contribution is 4.84. The van der Waals surface area contributed by atoms with Crippen LogP contribution in [0.2, 0.25) is 0 Å². The Labute approximate surface area is 120 Å². The Bertz CT molecular complexity index is 223. The minimum Gasteiger partial charge on any atom is -0.381 e. The van der Waals surface area contributed by atoms with Crippen molar-refractivity contribution in [3.05, 3.63) is 0 Å². The third-order valence-electron chi connectivity index (χ3n) is 4.76. The summed E-state index contributed by atoms with van der Waals surface area (Å²) in [7, 11) is 0. The molecule has 19 heavy (non-hydrogen) atoms. The fourth-order valence-electron chi connectivity index (χ4n) is 3.24. The molecule has 0 saturated carbocycles. The summed E-state index contributed by atoms with van der Waals surface area (Å²) in [5, 5.41) is 3.70. The minimum absolute atomic E-state index is 0.516. The van der Waals surface area contributed by atoms with Gasteiger partial charge in [0.25, 0.3) is 0 Å². The Balaban J connectivity index is 2.58. The molecule has 0 radical (unpaired) electrons. The van der Waals surface area contributed by atoms with Gasteiger partial charge in [-0.3, -0.25) is 0 Å². The molecule has 0 aromatic heterocycles. The van der Waals surface area contributed by atoms with Gasteiger partial charge in [0.1, 0.15) is 0 Å². The first kappa shape index (κ1) is 17.0. The van der Waals surface area contributed by atoms with Crippen LogP contribution in [0.1, 0.15) is 72.6 Å². The Morgan fingerprint density at radius 1 is 1.21 bits per heavy atom. The molecule has 1 rings (SSSR count). The molecule has 1 N–H and O–H groups in total. The van der Waals surface area contributed by atoms with Crippen molar-refractivity contribution in [2.45, 2.75) is 78.7 Å². The standard InChI is InChI=1S/C17H35NO/c1-5-7-10-17(6-2,14-18-15(3)4)13-16-8-11-19-12-9-16/h15-16,18H,5-14H2,1-4H3. The van der Waals surface area contributed by atoms with Crippen LogP contribution in [0.25, 0.3) is 0 Å². The van der Waals surface area contributed by atoms with Crippen LogP contribution in [-0.4, -0.2) is 25.8 Å². The molecule has 114 valence electrons. The second-order valence-electron chi connectivity index (χ2n) is 6.75. The normalized spacial score (nSPS) is 20.7. The van der Waals surface area contributed by atoms with Crippen LogP contribution in [-0.2, 0) is 4.74 Å². The topological polar surface area (TPSA) is 21.3 Å². The van der Waals surface area contributed by atoms with E-state index in [1.54, 1.807) is 0 Å². The lowest BCUT2D eigenvalue weighted by Gasteiger charge is -2.38. The van der Waals surface area contributed by atoms with E-state index in [1.807, 2.05) is 0 Å². The van der Waals surface area contributed by atoms with Crippen molar-refractivity contribution in [1.82, 2.24) is 5.32 Å². The van der Waals surface area contributed by atoms with Gasteiger partial charge in [-0.05, 0) is 43.4 Å². The van der Waals surface area contributed by atoms with E-state index in [0.29, 0.717) is 11.5 Å². The Kier molecular flexibility index (Phi) is 8.01. The number of ether oxygens (including phenoxy) is 1. The van der Waals surface area contributed by atoms with Crippen molar-refractivity contribution in [2.24, 2.45) is 11.3 Å². The first-order valence-electron chi connectivity index (χ1n) is 8.43. The number of hydrogen-bond donors (Lipinski definition) is 1. The maximum atomic E-state index is 5.51. The summed E-state index contributed by atoms with van der Waals surface area (Å²) in [6.07, 6.45) is 9.33. The monoisotopic (exact) mass is 269 g/mol. The molecule has 2 nitrogen and oxygen atoms in total. The van der Waals surface area contributed by atoms with Crippen LogP contribution in [0, 0.1) is 11.3 Å². The highest BCUT2D eigenvalue weighted by atomic mass is 16.5. The van der Waals surface area contributed by atoms with Gasteiger partial charge in [0.05, 0.1) is 0 Å². The predicted molar refractivity (Wildman–Crippen MR) is 83.5 cm³/mol. The van der Waals surface area contributed by atoms with Crippen molar-refractivity contribution in [3.8, 4) is 0 Å². The zero-order valence-corrected chi connectivity index (χ0v) is 13.6. The maximum absolute atomic E-state index is 5.51. The van der Waals surface area contributed by atoms with Crippen LogP contribution in [0.4, 0.5) is 0 Å². The third kappa shape index (κ3) is 6.27. The summed E-state index contributed by atoms with van der Waals surface area (Å²) in [6.45, 7) is 12.4. The van der Waals surface area contributed by atoms with Crippen molar-refractivity contribution in [1.29, 1.82) is 0 Å². The lowest BCUT2D eigenvalue weighted by molar-refractivity contribution is 0.0424. The molecule has 1 saturated heterocycles. The first-order valence-corrected chi connectivity index (χ1v) is 8.43. The van der Waals surface area contributed by atoms with Crippen molar-refractivity contribution in [3.63, 3.8) is 0 Å². The van der Waals surface area contributed by atoms with Crippen molar-refractivity contribution in [2.75, 3.05) is 19.8 Å². The van der Waals surface area contributed by atoms with Crippen LogP contribution >= 0.6 is 0 Å². The summed E-state index contributed by atoms with van der Waals surface area (Å²) in [4.78, 5) is 0. The average Bonchev–Trinajstić information content (AvgIpc) is 2.43. The molecule has 0 aromatic rings. The molecule has 0 aliphatic carbocycles. The SMILES string of the molecule is CCCCC(CC)(CNC(C)C)CC1CCOCC1. The van der Waals surface area contributed by atoms with E-state index in [1.165, 1.54) is 51.5 Å². The van der Waals surface area contributed by atoms with E-state index in [-0.39, 0.29) is 0 Å². The van der Waals surface area contributed by atoms with E-state index >= 15 is 0 Å². The molecule has 1 heterocycles. The van der Waals surface area contributed by atoms with E-state index in [0.717, 1.165) is 19.1 Å². The second-order valence-corrected chi connectivity index (χ2v) is 6.75. The Hall–Kier alpha value is -0.0800. The number of rotatable bonds is 9. The van der Waals surface area contributed by atoms with Crippen LogP contribution < -0.4 is 5.32 Å². The number of unbranched alkanes of at least 4 members (excludes halogenated alkanes) is 1. The van der Waals surface area contributed by atoms with Gasteiger partial charge in [-0.25, -0.2) is 0 Å². The quantitative estimate of drug-likeness (QED) is 0.670. The lowest BCUT2D eigenvalue weighted by Crippen LogP contribution is -2.39. The largest absolute Gasteiger partial charge is 0.381 e. The molecule has 0 spiro atoms. The molecule has 1 fully saturated rings. The molecule has 1 atom stereocenters.